The molecular formula is C19H26F2N3O8P. The van der Waals surface area contributed by atoms with E-state index >= 15 is 8.78 Å². The normalized spacial score (nSPS) is 20.7. The summed E-state index contributed by atoms with van der Waals surface area (Å²) in [6, 6.07) is 1.39. The molecule has 11 nitrogen and oxygen atoms in total. The standard InChI is InChI=1S/C19H26F2N3O8P/c1-12(25)22-9-14-10-31-18(26)24(14)13-7-15(20)17(16(21)8-13)23-5-3-19(4-6-23,11-30-2)32-33(27,28)29/h7-8,14H,3-6,9-11H2,1-2H3,(H,22,25)(H2,27,28,29)/t14-/m0/s1. The molecule has 0 unspecified atom stereocenters. The van der Waals surface area contributed by atoms with Gasteiger partial charge in [-0.15, -0.1) is 0 Å². The lowest BCUT2D eigenvalue weighted by Gasteiger charge is -2.41. The van der Waals surface area contributed by atoms with Crippen LogP contribution in [0.1, 0.15) is 19.8 Å². The molecule has 2 fully saturated rings. The first kappa shape index (κ1) is 25.3. The first-order valence-electron chi connectivity index (χ1n) is 10.1. The summed E-state index contributed by atoms with van der Waals surface area (Å²) in [7, 11) is -3.45. The monoisotopic (exact) mass is 493 g/mol. The summed E-state index contributed by atoms with van der Waals surface area (Å²) in [6.07, 6.45) is -0.665. The maximum absolute atomic E-state index is 15.0. The Labute approximate surface area is 188 Å². The number of phosphoric ester groups is 1. The van der Waals surface area contributed by atoms with Crippen LogP contribution in [-0.4, -0.2) is 73.4 Å². The molecule has 0 bridgehead atoms. The lowest BCUT2D eigenvalue weighted by atomic mass is 9.92. The smallest absolute Gasteiger partial charge is 0.447 e. The van der Waals surface area contributed by atoms with Gasteiger partial charge in [0.2, 0.25) is 5.91 Å². The molecular weight excluding hydrogens is 467 g/mol. The topological polar surface area (TPSA) is 138 Å². The highest BCUT2D eigenvalue weighted by Crippen LogP contribution is 2.46. The number of nitrogens with zero attached hydrogens (tertiary/aromatic N) is 2. The zero-order chi connectivity index (χ0) is 24.4. The molecule has 33 heavy (non-hydrogen) atoms. The number of amides is 2. The van der Waals surface area contributed by atoms with Crippen molar-refractivity contribution in [3.63, 3.8) is 0 Å². The van der Waals surface area contributed by atoms with Crippen LogP contribution in [0, 0.1) is 11.6 Å². The van der Waals surface area contributed by atoms with Crippen LogP contribution < -0.4 is 15.1 Å². The summed E-state index contributed by atoms with van der Waals surface area (Å²) in [5.41, 5.74) is -1.66. The molecule has 1 aromatic carbocycles. The van der Waals surface area contributed by atoms with E-state index in [9.17, 15) is 23.9 Å². The number of hydrogen-bond acceptors (Lipinski definition) is 7. The van der Waals surface area contributed by atoms with Crippen molar-refractivity contribution in [3.8, 4) is 0 Å². The zero-order valence-electron chi connectivity index (χ0n) is 18.1. The number of ether oxygens (including phenoxy) is 2. The number of rotatable bonds is 8. The Morgan fingerprint density at radius 2 is 1.91 bits per heavy atom. The molecule has 2 aliphatic heterocycles. The van der Waals surface area contributed by atoms with E-state index in [1.165, 1.54) is 18.9 Å². The van der Waals surface area contributed by atoms with E-state index < -0.39 is 37.2 Å². The molecule has 2 saturated heterocycles. The third kappa shape index (κ3) is 5.98. The molecule has 2 heterocycles. The van der Waals surface area contributed by atoms with Gasteiger partial charge in [0.1, 0.15) is 17.9 Å². The van der Waals surface area contributed by atoms with Crippen molar-refractivity contribution in [3.05, 3.63) is 23.8 Å². The average Bonchev–Trinajstić information content (AvgIpc) is 3.06. The number of anilines is 2. The molecule has 184 valence electrons. The molecule has 0 radical (unpaired) electrons. The molecule has 2 aliphatic rings. The number of carbonyl (C=O) groups is 2. The van der Waals surface area contributed by atoms with Gasteiger partial charge in [-0.2, -0.15) is 0 Å². The Hall–Kier alpha value is -2.31. The van der Waals surface area contributed by atoms with Crippen molar-refractivity contribution < 1.29 is 46.7 Å². The third-order valence-electron chi connectivity index (χ3n) is 5.54. The summed E-state index contributed by atoms with van der Waals surface area (Å²) in [4.78, 5) is 44.2. The molecule has 0 aromatic heterocycles. The molecule has 1 aromatic rings. The molecule has 0 spiro atoms. The predicted molar refractivity (Wildman–Crippen MR) is 112 cm³/mol. The van der Waals surface area contributed by atoms with Crippen LogP contribution in [0.3, 0.4) is 0 Å². The first-order valence-corrected chi connectivity index (χ1v) is 11.7. The van der Waals surface area contributed by atoms with Crippen LogP contribution in [0.5, 0.6) is 0 Å². The van der Waals surface area contributed by atoms with E-state index in [2.05, 4.69) is 5.32 Å². The van der Waals surface area contributed by atoms with Crippen LogP contribution in [0.2, 0.25) is 0 Å². The SMILES string of the molecule is COCC1(OP(=O)(O)O)CCN(c2c(F)cc(N3C(=O)OC[C@@H]3CNC(C)=O)cc2F)CC1. The van der Waals surface area contributed by atoms with Gasteiger partial charge >= 0.3 is 13.9 Å². The van der Waals surface area contributed by atoms with Gasteiger partial charge in [0.15, 0.2) is 11.6 Å². The van der Waals surface area contributed by atoms with E-state index in [0.717, 1.165) is 17.0 Å². The van der Waals surface area contributed by atoms with Crippen molar-refractivity contribution >= 4 is 31.2 Å². The van der Waals surface area contributed by atoms with Gasteiger partial charge in [0.25, 0.3) is 0 Å². The highest BCUT2D eigenvalue weighted by Gasteiger charge is 2.42. The lowest BCUT2D eigenvalue weighted by Crippen LogP contribution is -2.49. The number of cyclic esters (lactones) is 1. The van der Waals surface area contributed by atoms with Gasteiger partial charge in [-0.25, -0.2) is 18.1 Å². The number of benzene rings is 1. The number of nitrogens with one attached hydrogen (secondary N) is 1. The van der Waals surface area contributed by atoms with Crippen LogP contribution in [-0.2, 0) is 23.4 Å². The minimum atomic E-state index is -4.81. The van der Waals surface area contributed by atoms with Crippen molar-refractivity contribution in [2.24, 2.45) is 0 Å². The summed E-state index contributed by atoms with van der Waals surface area (Å²) in [6.45, 7) is 1.32. The highest BCUT2D eigenvalue weighted by atomic mass is 31.2. The summed E-state index contributed by atoms with van der Waals surface area (Å²) in [5.74, 6) is -2.16. The number of carbonyl (C=O) groups excluding carboxylic acids is 2. The zero-order valence-corrected chi connectivity index (χ0v) is 19.0. The second-order valence-electron chi connectivity index (χ2n) is 7.98. The van der Waals surface area contributed by atoms with E-state index in [0.29, 0.717) is 0 Å². The van der Waals surface area contributed by atoms with Crippen LogP contribution in [0.15, 0.2) is 12.1 Å². The first-order chi connectivity index (χ1) is 15.4. The van der Waals surface area contributed by atoms with E-state index in [1.807, 2.05) is 0 Å². The molecule has 0 saturated carbocycles. The third-order valence-corrected chi connectivity index (χ3v) is 6.16. The van der Waals surface area contributed by atoms with Crippen LogP contribution >= 0.6 is 7.82 Å². The Morgan fingerprint density at radius 3 is 2.42 bits per heavy atom. The van der Waals surface area contributed by atoms with Gasteiger partial charge in [-0.3, -0.25) is 14.2 Å². The van der Waals surface area contributed by atoms with Crippen molar-refractivity contribution in [1.29, 1.82) is 0 Å². The minimum Gasteiger partial charge on any atom is -0.447 e. The largest absolute Gasteiger partial charge is 0.470 e. The fourth-order valence-corrected chi connectivity index (χ4v) is 4.84. The van der Waals surface area contributed by atoms with E-state index in [1.54, 1.807) is 0 Å². The van der Waals surface area contributed by atoms with E-state index in [4.69, 9.17) is 14.0 Å². The van der Waals surface area contributed by atoms with Gasteiger partial charge < -0.3 is 29.5 Å². The number of hydrogen-bond donors (Lipinski definition) is 3. The summed E-state index contributed by atoms with van der Waals surface area (Å²) in [5, 5.41) is 2.55. The predicted octanol–water partition coefficient (Wildman–Crippen LogP) is 1.52. The number of phosphoric acid groups is 1. The molecule has 1 atom stereocenters. The maximum Gasteiger partial charge on any atom is 0.470 e. The molecule has 3 N–H and O–H groups in total. The number of piperidine rings is 1. The Kier molecular flexibility index (Phi) is 7.59. The molecule has 2 amide bonds. The van der Waals surface area contributed by atoms with Crippen molar-refractivity contribution in [2.75, 3.05) is 49.8 Å². The molecule has 14 heteroatoms. The number of methoxy groups -OCH3 is 1. The Morgan fingerprint density at radius 1 is 1.30 bits per heavy atom. The van der Waals surface area contributed by atoms with Gasteiger partial charge in [-0.05, 0) is 12.8 Å². The lowest BCUT2D eigenvalue weighted by molar-refractivity contribution is -0.119. The van der Waals surface area contributed by atoms with Gasteiger partial charge in [0.05, 0.1) is 18.3 Å². The van der Waals surface area contributed by atoms with Crippen LogP contribution in [0.4, 0.5) is 25.0 Å². The van der Waals surface area contributed by atoms with Crippen molar-refractivity contribution in [1.82, 2.24) is 5.32 Å². The van der Waals surface area contributed by atoms with Gasteiger partial charge in [-0.1, -0.05) is 0 Å². The average molecular weight is 493 g/mol. The fraction of sp³-hybridized carbons (Fsp3) is 0.579. The number of halogens is 2. The minimum absolute atomic E-state index is 0.0443. The summed E-state index contributed by atoms with van der Waals surface area (Å²) < 4.78 is 56.3. The molecule has 0 aliphatic carbocycles. The van der Waals surface area contributed by atoms with E-state index in [-0.39, 0.29) is 63.0 Å². The van der Waals surface area contributed by atoms with Crippen molar-refractivity contribution in [2.45, 2.75) is 31.4 Å². The van der Waals surface area contributed by atoms with Crippen LogP contribution in [0.25, 0.3) is 0 Å². The highest BCUT2D eigenvalue weighted by molar-refractivity contribution is 7.46. The molecule has 3 rings (SSSR count). The van der Waals surface area contributed by atoms with Gasteiger partial charge in [0, 0.05) is 45.8 Å². The fourth-order valence-electron chi connectivity index (χ4n) is 4.10. The summed E-state index contributed by atoms with van der Waals surface area (Å²) >= 11 is 0. The Balaban J connectivity index is 1.79. The maximum atomic E-state index is 15.0. The second-order valence-corrected chi connectivity index (χ2v) is 9.14. The quantitative estimate of drug-likeness (QED) is 0.460. The Bertz CT molecular complexity index is 928. The second kappa shape index (κ2) is 9.90.